The standard InChI is InChI=1S/C15H20O3/c1-8-3-6-11-12(7-16)15(17)18-14(11)13-9(2)4-5-10(8)13/h10-14,16H,1-7H2/t10?,11-,12-,13?,14-/m0/s1. The molecule has 1 N–H and O–H groups in total. The van der Waals surface area contributed by atoms with Crippen LogP contribution in [0.1, 0.15) is 25.7 Å². The van der Waals surface area contributed by atoms with Crippen molar-refractivity contribution in [3.05, 3.63) is 24.3 Å². The van der Waals surface area contributed by atoms with Crippen LogP contribution in [0.4, 0.5) is 0 Å². The summed E-state index contributed by atoms with van der Waals surface area (Å²) in [6.45, 7) is 8.26. The molecule has 3 aliphatic rings. The third-order valence-corrected chi connectivity index (χ3v) is 5.05. The maximum absolute atomic E-state index is 11.8. The smallest absolute Gasteiger partial charge is 0.312 e. The molecule has 3 heteroatoms. The predicted molar refractivity (Wildman–Crippen MR) is 67.7 cm³/mol. The zero-order valence-electron chi connectivity index (χ0n) is 10.6. The number of ether oxygens (including phenoxy) is 1. The molecule has 18 heavy (non-hydrogen) atoms. The molecule has 2 saturated carbocycles. The zero-order chi connectivity index (χ0) is 12.9. The first kappa shape index (κ1) is 12.0. The molecule has 3 rings (SSSR count). The molecule has 1 saturated heterocycles. The van der Waals surface area contributed by atoms with Gasteiger partial charge in [-0.3, -0.25) is 4.79 Å². The molecule has 1 heterocycles. The molecule has 0 radical (unpaired) electrons. The fraction of sp³-hybridized carbons (Fsp3) is 0.667. The van der Waals surface area contributed by atoms with E-state index in [-0.39, 0.29) is 36.4 Å². The molecule has 1 aliphatic heterocycles. The van der Waals surface area contributed by atoms with Crippen molar-refractivity contribution < 1.29 is 14.6 Å². The van der Waals surface area contributed by atoms with Crippen molar-refractivity contribution in [3.8, 4) is 0 Å². The fourth-order valence-corrected chi connectivity index (χ4v) is 4.06. The van der Waals surface area contributed by atoms with Crippen LogP contribution in [0.25, 0.3) is 0 Å². The van der Waals surface area contributed by atoms with Gasteiger partial charge in [0.25, 0.3) is 0 Å². The van der Waals surface area contributed by atoms with Gasteiger partial charge in [0.15, 0.2) is 0 Å². The molecule has 3 fully saturated rings. The summed E-state index contributed by atoms with van der Waals surface area (Å²) in [5.41, 5.74) is 2.48. The summed E-state index contributed by atoms with van der Waals surface area (Å²) in [6.07, 6.45) is 3.88. The highest BCUT2D eigenvalue weighted by Gasteiger charge is 2.53. The molecule has 0 spiro atoms. The van der Waals surface area contributed by atoms with Gasteiger partial charge >= 0.3 is 5.97 Å². The molecule has 0 aromatic carbocycles. The van der Waals surface area contributed by atoms with Crippen LogP contribution in [-0.2, 0) is 9.53 Å². The van der Waals surface area contributed by atoms with Crippen molar-refractivity contribution in [2.24, 2.45) is 23.7 Å². The van der Waals surface area contributed by atoms with Crippen molar-refractivity contribution in [2.75, 3.05) is 6.61 Å². The highest BCUT2D eigenvalue weighted by Crippen LogP contribution is 2.52. The van der Waals surface area contributed by atoms with Crippen molar-refractivity contribution in [1.29, 1.82) is 0 Å². The quantitative estimate of drug-likeness (QED) is 0.571. The summed E-state index contributed by atoms with van der Waals surface area (Å²) in [5, 5.41) is 9.39. The zero-order valence-corrected chi connectivity index (χ0v) is 10.6. The minimum Gasteiger partial charge on any atom is -0.461 e. The van der Waals surface area contributed by atoms with E-state index in [1.807, 2.05) is 0 Å². The molecule has 3 nitrogen and oxygen atoms in total. The van der Waals surface area contributed by atoms with E-state index in [2.05, 4.69) is 13.2 Å². The van der Waals surface area contributed by atoms with Crippen LogP contribution in [0, 0.1) is 23.7 Å². The monoisotopic (exact) mass is 248 g/mol. The predicted octanol–water partition coefficient (Wildman–Crippen LogP) is 2.07. The number of carbonyl (C=O) groups is 1. The van der Waals surface area contributed by atoms with E-state index in [4.69, 9.17) is 4.74 Å². The molecule has 0 aromatic rings. The summed E-state index contributed by atoms with van der Waals surface area (Å²) in [4.78, 5) is 11.8. The first-order valence-corrected chi connectivity index (χ1v) is 6.80. The van der Waals surface area contributed by atoms with Gasteiger partial charge in [0.1, 0.15) is 6.10 Å². The molecule has 0 bridgehead atoms. The number of carbonyl (C=O) groups excluding carboxylic acids is 1. The van der Waals surface area contributed by atoms with Gasteiger partial charge in [0.05, 0.1) is 12.5 Å². The van der Waals surface area contributed by atoms with Crippen molar-refractivity contribution in [2.45, 2.75) is 31.8 Å². The van der Waals surface area contributed by atoms with Crippen LogP contribution in [0.15, 0.2) is 24.3 Å². The van der Waals surface area contributed by atoms with Gasteiger partial charge in [-0.1, -0.05) is 24.3 Å². The molecular weight excluding hydrogens is 228 g/mol. The second-order valence-corrected chi connectivity index (χ2v) is 5.88. The minimum absolute atomic E-state index is 0.0751. The Labute approximate surface area is 108 Å². The number of rotatable bonds is 1. The molecule has 2 unspecified atom stereocenters. The molecule has 98 valence electrons. The molecule has 0 amide bonds. The van der Waals surface area contributed by atoms with Gasteiger partial charge in [-0.15, -0.1) is 0 Å². The first-order chi connectivity index (χ1) is 8.63. The van der Waals surface area contributed by atoms with Crippen LogP contribution in [0.3, 0.4) is 0 Å². The maximum atomic E-state index is 11.8. The highest BCUT2D eigenvalue weighted by molar-refractivity contribution is 5.75. The fourth-order valence-electron chi connectivity index (χ4n) is 4.06. The highest BCUT2D eigenvalue weighted by atomic mass is 16.6. The summed E-state index contributed by atoms with van der Waals surface area (Å²) in [6, 6.07) is 0. The number of hydrogen-bond acceptors (Lipinski definition) is 3. The van der Waals surface area contributed by atoms with E-state index in [9.17, 15) is 9.90 Å². The van der Waals surface area contributed by atoms with E-state index in [1.165, 1.54) is 11.1 Å². The van der Waals surface area contributed by atoms with Crippen LogP contribution in [-0.4, -0.2) is 23.8 Å². The second kappa shape index (κ2) is 4.23. The van der Waals surface area contributed by atoms with E-state index in [0.717, 1.165) is 25.7 Å². The Hall–Kier alpha value is -1.09. The maximum Gasteiger partial charge on any atom is 0.312 e. The Morgan fingerprint density at radius 1 is 1.22 bits per heavy atom. The lowest BCUT2D eigenvalue weighted by Crippen LogP contribution is -2.30. The topological polar surface area (TPSA) is 46.5 Å². The second-order valence-electron chi connectivity index (χ2n) is 5.88. The van der Waals surface area contributed by atoms with E-state index < -0.39 is 0 Å². The van der Waals surface area contributed by atoms with Crippen LogP contribution >= 0.6 is 0 Å². The Morgan fingerprint density at radius 2 is 1.94 bits per heavy atom. The number of aliphatic hydroxyl groups is 1. The van der Waals surface area contributed by atoms with Crippen LogP contribution in [0.5, 0.6) is 0 Å². The third kappa shape index (κ3) is 1.57. The average molecular weight is 248 g/mol. The van der Waals surface area contributed by atoms with Gasteiger partial charge in [0, 0.05) is 11.8 Å². The number of fused-ring (bicyclic) bond motifs is 3. The van der Waals surface area contributed by atoms with Crippen molar-refractivity contribution in [1.82, 2.24) is 0 Å². The van der Waals surface area contributed by atoms with Gasteiger partial charge < -0.3 is 9.84 Å². The first-order valence-electron chi connectivity index (χ1n) is 6.80. The van der Waals surface area contributed by atoms with Gasteiger partial charge in [0.2, 0.25) is 0 Å². The van der Waals surface area contributed by atoms with E-state index in [1.54, 1.807) is 0 Å². The van der Waals surface area contributed by atoms with Crippen molar-refractivity contribution in [3.63, 3.8) is 0 Å². The Kier molecular flexibility index (Phi) is 2.81. The van der Waals surface area contributed by atoms with Gasteiger partial charge in [-0.05, 0) is 31.6 Å². The lowest BCUT2D eigenvalue weighted by atomic mass is 9.80. The van der Waals surface area contributed by atoms with Gasteiger partial charge in [-0.25, -0.2) is 0 Å². The summed E-state index contributed by atoms with van der Waals surface area (Å²) in [5.74, 6) is 0.251. The van der Waals surface area contributed by atoms with Gasteiger partial charge in [-0.2, -0.15) is 0 Å². The van der Waals surface area contributed by atoms with Crippen LogP contribution < -0.4 is 0 Å². The third-order valence-electron chi connectivity index (χ3n) is 5.05. The Balaban J connectivity index is 1.96. The number of allylic oxidation sites excluding steroid dienone is 1. The lowest BCUT2D eigenvalue weighted by molar-refractivity contribution is -0.146. The SMILES string of the molecule is C=C1CC[C@H]2[C@H](CO)C(=O)O[C@@H]2C2C(=C)CCC12. The largest absolute Gasteiger partial charge is 0.461 e. The molecule has 2 aliphatic carbocycles. The summed E-state index contributed by atoms with van der Waals surface area (Å²) < 4.78 is 5.58. The molecule has 5 atom stereocenters. The minimum atomic E-state index is -0.338. The Morgan fingerprint density at radius 3 is 2.67 bits per heavy atom. The normalized spacial score (nSPS) is 43.4. The van der Waals surface area contributed by atoms with E-state index >= 15 is 0 Å². The number of aliphatic hydroxyl groups excluding tert-OH is 1. The summed E-state index contributed by atoms with van der Waals surface area (Å²) >= 11 is 0. The van der Waals surface area contributed by atoms with E-state index in [0.29, 0.717) is 5.92 Å². The Bertz CT molecular complexity index is 412. The van der Waals surface area contributed by atoms with Crippen LogP contribution in [0.2, 0.25) is 0 Å². The average Bonchev–Trinajstić information content (AvgIpc) is 2.82. The number of hydrogen-bond donors (Lipinski definition) is 1. The lowest BCUT2D eigenvalue weighted by Gasteiger charge is -2.26. The number of esters is 1. The van der Waals surface area contributed by atoms with Crippen molar-refractivity contribution >= 4 is 5.97 Å². The molecule has 0 aromatic heterocycles. The summed E-state index contributed by atoms with van der Waals surface area (Å²) in [7, 11) is 0. The molecular formula is C15H20O3.